The van der Waals surface area contributed by atoms with E-state index in [1.807, 2.05) is 32.9 Å². The molecule has 1 unspecified atom stereocenters. The summed E-state index contributed by atoms with van der Waals surface area (Å²) in [6.45, 7) is 6.34. The summed E-state index contributed by atoms with van der Waals surface area (Å²) in [4.78, 5) is 11.6. The van der Waals surface area contributed by atoms with Crippen LogP contribution in [0.25, 0.3) is 0 Å². The molecule has 0 aliphatic rings. The van der Waals surface area contributed by atoms with E-state index >= 15 is 0 Å². The topological polar surface area (TPSA) is 26.3 Å². The van der Waals surface area contributed by atoms with Crippen LogP contribution in [0, 0.1) is 6.92 Å². The number of carbonyl (C=O) groups is 1. The Morgan fingerprint density at radius 3 is 2.73 bits per heavy atom. The zero-order valence-corrected chi connectivity index (χ0v) is 10.8. The van der Waals surface area contributed by atoms with Crippen LogP contribution in [0.15, 0.2) is 18.2 Å². The lowest BCUT2D eigenvalue weighted by Crippen LogP contribution is -2.10. The fourth-order valence-corrected chi connectivity index (χ4v) is 1.56. The number of benzene rings is 1. The van der Waals surface area contributed by atoms with Crippen LogP contribution < -0.4 is 4.74 Å². The Morgan fingerprint density at radius 1 is 1.53 bits per heavy atom. The molecule has 0 saturated carbocycles. The van der Waals surface area contributed by atoms with Gasteiger partial charge in [0, 0.05) is 5.56 Å². The first kappa shape index (κ1) is 12.2. The summed E-state index contributed by atoms with van der Waals surface area (Å²) in [5.74, 6) is 0.868. The maximum Gasteiger partial charge on any atom is 0.176 e. The molecule has 0 heterocycles. The SMILES string of the molecule is CCOc1cc(C(=O)C(C)Br)ccc1C. The van der Waals surface area contributed by atoms with Gasteiger partial charge in [-0.05, 0) is 32.4 Å². The van der Waals surface area contributed by atoms with Gasteiger partial charge in [0.25, 0.3) is 0 Å². The van der Waals surface area contributed by atoms with Crippen molar-refractivity contribution in [2.24, 2.45) is 0 Å². The van der Waals surface area contributed by atoms with Gasteiger partial charge in [-0.25, -0.2) is 0 Å². The lowest BCUT2D eigenvalue weighted by atomic mass is 10.1. The highest BCUT2D eigenvalue weighted by atomic mass is 79.9. The molecule has 0 aliphatic carbocycles. The van der Waals surface area contributed by atoms with Crippen molar-refractivity contribution in [3.8, 4) is 5.75 Å². The summed E-state index contributed by atoms with van der Waals surface area (Å²) in [5.41, 5.74) is 1.74. The summed E-state index contributed by atoms with van der Waals surface area (Å²) in [7, 11) is 0. The minimum Gasteiger partial charge on any atom is -0.494 e. The highest BCUT2D eigenvalue weighted by Gasteiger charge is 2.13. The normalized spacial score (nSPS) is 12.3. The molecule has 0 aliphatic heterocycles. The van der Waals surface area contributed by atoms with Crippen LogP contribution in [-0.4, -0.2) is 17.2 Å². The number of ketones is 1. The summed E-state index contributed by atoms with van der Waals surface area (Å²) >= 11 is 3.27. The Balaban J connectivity index is 3.01. The average molecular weight is 271 g/mol. The molecular formula is C12H15BrO2. The molecule has 0 bridgehead atoms. The van der Waals surface area contributed by atoms with E-state index in [0.717, 1.165) is 11.3 Å². The molecule has 0 aromatic heterocycles. The molecule has 0 amide bonds. The molecule has 0 radical (unpaired) electrons. The molecule has 0 spiro atoms. The molecule has 1 atom stereocenters. The Kier molecular flexibility index (Phi) is 4.33. The van der Waals surface area contributed by atoms with Crippen molar-refractivity contribution in [2.45, 2.75) is 25.6 Å². The Labute approximate surface area is 98.8 Å². The van der Waals surface area contributed by atoms with Crippen molar-refractivity contribution in [1.29, 1.82) is 0 Å². The molecule has 2 nitrogen and oxygen atoms in total. The van der Waals surface area contributed by atoms with E-state index in [1.165, 1.54) is 0 Å². The smallest absolute Gasteiger partial charge is 0.176 e. The van der Waals surface area contributed by atoms with E-state index in [1.54, 1.807) is 6.07 Å². The van der Waals surface area contributed by atoms with Crippen molar-refractivity contribution in [3.63, 3.8) is 0 Å². The number of halogens is 1. The number of carbonyl (C=O) groups excluding carboxylic acids is 1. The van der Waals surface area contributed by atoms with Crippen LogP contribution in [-0.2, 0) is 0 Å². The minimum atomic E-state index is -0.158. The van der Waals surface area contributed by atoms with E-state index in [-0.39, 0.29) is 10.6 Å². The van der Waals surface area contributed by atoms with Crippen molar-refractivity contribution >= 4 is 21.7 Å². The number of rotatable bonds is 4. The number of hydrogen-bond donors (Lipinski definition) is 0. The second-order valence-electron chi connectivity index (χ2n) is 3.39. The standard InChI is InChI=1S/C12H15BrO2/c1-4-15-11-7-10(6-5-8(11)2)12(14)9(3)13/h5-7,9H,4H2,1-3H3. The van der Waals surface area contributed by atoms with Crippen molar-refractivity contribution in [3.05, 3.63) is 29.3 Å². The van der Waals surface area contributed by atoms with Gasteiger partial charge in [-0.2, -0.15) is 0 Å². The molecule has 1 aromatic carbocycles. The molecule has 3 heteroatoms. The summed E-state index contributed by atoms with van der Waals surface area (Å²) < 4.78 is 5.44. The summed E-state index contributed by atoms with van der Waals surface area (Å²) in [6, 6.07) is 5.55. The third-order valence-corrected chi connectivity index (χ3v) is 2.55. The Hall–Kier alpha value is -0.830. The molecule has 1 aromatic rings. The van der Waals surface area contributed by atoms with Gasteiger partial charge >= 0.3 is 0 Å². The molecule has 0 N–H and O–H groups in total. The monoisotopic (exact) mass is 270 g/mol. The molecule has 15 heavy (non-hydrogen) atoms. The zero-order valence-electron chi connectivity index (χ0n) is 9.21. The highest BCUT2D eigenvalue weighted by molar-refractivity contribution is 9.10. The van der Waals surface area contributed by atoms with Gasteiger partial charge in [-0.1, -0.05) is 28.1 Å². The fourth-order valence-electron chi connectivity index (χ4n) is 1.29. The van der Waals surface area contributed by atoms with Crippen molar-refractivity contribution in [1.82, 2.24) is 0 Å². The van der Waals surface area contributed by atoms with Crippen LogP contribution in [0.4, 0.5) is 0 Å². The van der Waals surface area contributed by atoms with Gasteiger partial charge in [0.15, 0.2) is 5.78 Å². The first-order chi connectivity index (χ1) is 7.06. The van der Waals surface area contributed by atoms with Gasteiger partial charge in [-0.15, -0.1) is 0 Å². The lowest BCUT2D eigenvalue weighted by Gasteiger charge is -2.09. The van der Waals surface area contributed by atoms with E-state index in [9.17, 15) is 4.79 Å². The largest absolute Gasteiger partial charge is 0.494 e. The van der Waals surface area contributed by atoms with Crippen LogP contribution >= 0.6 is 15.9 Å². The van der Waals surface area contributed by atoms with Gasteiger partial charge in [0.2, 0.25) is 0 Å². The van der Waals surface area contributed by atoms with Gasteiger partial charge in [0.1, 0.15) is 5.75 Å². The lowest BCUT2D eigenvalue weighted by molar-refractivity contribution is 0.0995. The zero-order chi connectivity index (χ0) is 11.4. The Bertz CT molecular complexity index is 359. The van der Waals surface area contributed by atoms with Crippen molar-refractivity contribution < 1.29 is 9.53 Å². The fraction of sp³-hybridized carbons (Fsp3) is 0.417. The Morgan fingerprint density at radius 2 is 2.20 bits per heavy atom. The molecular weight excluding hydrogens is 256 g/mol. The number of Topliss-reactive ketones (excluding diaryl/α,β-unsaturated/α-hetero) is 1. The van der Waals surface area contributed by atoms with Gasteiger partial charge < -0.3 is 4.74 Å². The minimum absolute atomic E-state index is 0.0796. The second-order valence-corrected chi connectivity index (χ2v) is 4.77. The summed E-state index contributed by atoms with van der Waals surface area (Å²) in [5, 5.41) is 0. The van der Waals surface area contributed by atoms with Crippen LogP contribution in [0.3, 0.4) is 0 Å². The van der Waals surface area contributed by atoms with Crippen LogP contribution in [0.1, 0.15) is 29.8 Å². The van der Waals surface area contributed by atoms with Gasteiger partial charge in [-0.3, -0.25) is 4.79 Å². The molecule has 0 saturated heterocycles. The number of hydrogen-bond acceptors (Lipinski definition) is 2. The average Bonchev–Trinajstić information content (AvgIpc) is 2.20. The van der Waals surface area contributed by atoms with E-state index in [0.29, 0.717) is 12.2 Å². The predicted molar refractivity (Wildman–Crippen MR) is 65.1 cm³/mol. The maximum absolute atomic E-state index is 11.7. The highest BCUT2D eigenvalue weighted by Crippen LogP contribution is 2.21. The molecule has 1 rings (SSSR count). The van der Waals surface area contributed by atoms with E-state index in [4.69, 9.17) is 4.74 Å². The third kappa shape index (κ3) is 3.06. The summed E-state index contributed by atoms with van der Waals surface area (Å²) in [6.07, 6.45) is 0. The van der Waals surface area contributed by atoms with Crippen molar-refractivity contribution in [2.75, 3.05) is 6.61 Å². The number of alkyl halides is 1. The predicted octanol–water partition coefficient (Wildman–Crippen LogP) is 3.36. The second kappa shape index (κ2) is 5.31. The van der Waals surface area contributed by atoms with E-state index < -0.39 is 0 Å². The molecule has 82 valence electrons. The first-order valence-corrected chi connectivity index (χ1v) is 5.89. The maximum atomic E-state index is 11.7. The first-order valence-electron chi connectivity index (χ1n) is 4.98. The third-order valence-electron chi connectivity index (χ3n) is 2.13. The number of aryl methyl sites for hydroxylation is 1. The quantitative estimate of drug-likeness (QED) is 0.620. The van der Waals surface area contributed by atoms with Crippen LogP contribution in [0.2, 0.25) is 0 Å². The van der Waals surface area contributed by atoms with Gasteiger partial charge in [0.05, 0.1) is 11.4 Å². The van der Waals surface area contributed by atoms with E-state index in [2.05, 4.69) is 15.9 Å². The molecule has 0 fully saturated rings. The number of ether oxygens (including phenoxy) is 1. The van der Waals surface area contributed by atoms with Crippen LogP contribution in [0.5, 0.6) is 5.75 Å².